The van der Waals surface area contributed by atoms with Gasteiger partial charge in [0.25, 0.3) is 0 Å². The molecule has 1 aliphatic carbocycles. The Morgan fingerprint density at radius 3 is 2.53 bits per heavy atom. The van der Waals surface area contributed by atoms with Gasteiger partial charge in [-0.25, -0.2) is 4.39 Å². The lowest BCUT2D eigenvalue weighted by Gasteiger charge is -2.49. The minimum atomic E-state index is -1.17. The Morgan fingerprint density at radius 2 is 1.88 bits per heavy atom. The SMILES string of the molecule is Cc1ccccc1C1(F)CCCC(C)C1(C)C. The van der Waals surface area contributed by atoms with Gasteiger partial charge in [-0.1, -0.05) is 45.0 Å². The van der Waals surface area contributed by atoms with Crippen molar-refractivity contribution in [2.75, 3.05) is 0 Å². The summed E-state index contributed by atoms with van der Waals surface area (Å²) < 4.78 is 15.6. The minimum Gasteiger partial charge on any atom is -0.238 e. The molecule has 94 valence electrons. The van der Waals surface area contributed by atoms with E-state index in [1.54, 1.807) is 0 Å². The molecule has 2 unspecified atom stereocenters. The van der Waals surface area contributed by atoms with Crippen LogP contribution in [0.1, 0.15) is 51.2 Å². The summed E-state index contributed by atoms with van der Waals surface area (Å²) in [6.07, 6.45) is 2.80. The van der Waals surface area contributed by atoms with Crippen LogP contribution in [0.4, 0.5) is 4.39 Å². The van der Waals surface area contributed by atoms with E-state index in [9.17, 15) is 0 Å². The molecule has 17 heavy (non-hydrogen) atoms. The van der Waals surface area contributed by atoms with E-state index in [-0.39, 0.29) is 5.41 Å². The molecular formula is C16H23F. The van der Waals surface area contributed by atoms with Crippen molar-refractivity contribution in [3.8, 4) is 0 Å². The molecule has 2 atom stereocenters. The van der Waals surface area contributed by atoms with Gasteiger partial charge in [-0.2, -0.15) is 0 Å². The largest absolute Gasteiger partial charge is 0.238 e. The molecule has 1 saturated carbocycles. The average Bonchev–Trinajstić information content (AvgIpc) is 2.27. The van der Waals surface area contributed by atoms with Crippen LogP contribution < -0.4 is 0 Å². The zero-order valence-electron chi connectivity index (χ0n) is 11.4. The molecule has 0 nitrogen and oxygen atoms in total. The van der Waals surface area contributed by atoms with Crippen molar-refractivity contribution >= 4 is 0 Å². The van der Waals surface area contributed by atoms with Gasteiger partial charge in [0.15, 0.2) is 0 Å². The number of aryl methyl sites for hydroxylation is 1. The van der Waals surface area contributed by atoms with E-state index in [2.05, 4.69) is 20.8 Å². The first-order chi connectivity index (χ1) is 7.89. The molecule has 0 spiro atoms. The Hall–Kier alpha value is -0.850. The number of benzene rings is 1. The Bertz CT molecular complexity index is 408. The number of rotatable bonds is 1. The quantitative estimate of drug-likeness (QED) is 0.641. The maximum absolute atomic E-state index is 15.6. The summed E-state index contributed by atoms with van der Waals surface area (Å²) in [4.78, 5) is 0. The highest BCUT2D eigenvalue weighted by atomic mass is 19.1. The lowest BCUT2D eigenvalue weighted by molar-refractivity contribution is -0.0655. The summed E-state index contributed by atoms with van der Waals surface area (Å²) in [6.45, 7) is 8.38. The molecular weight excluding hydrogens is 211 g/mol. The van der Waals surface area contributed by atoms with Crippen LogP contribution >= 0.6 is 0 Å². The first kappa shape index (κ1) is 12.6. The van der Waals surface area contributed by atoms with Gasteiger partial charge < -0.3 is 0 Å². The van der Waals surface area contributed by atoms with E-state index in [4.69, 9.17) is 0 Å². The van der Waals surface area contributed by atoms with E-state index >= 15 is 4.39 Å². The minimum absolute atomic E-state index is 0.280. The number of hydrogen-bond donors (Lipinski definition) is 0. The van der Waals surface area contributed by atoms with Crippen LogP contribution in [-0.2, 0) is 5.67 Å². The predicted octanol–water partition coefficient (Wildman–Crippen LogP) is 5.01. The molecule has 1 aromatic rings. The van der Waals surface area contributed by atoms with Gasteiger partial charge >= 0.3 is 0 Å². The number of halogens is 1. The monoisotopic (exact) mass is 234 g/mol. The van der Waals surface area contributed by atoms with Gasteiger partial charge in [0.1, 0.15) is 5.67 Å². The van der Waals surface area contributed by atoms with Crippen molar-refractivity contribution in [1.29, 1.82) is 0 Å². The Kier molecular flexibility index (Phi) is 3.05. The van der Waals surface area contributed by atoms with Crippen molar-refractivity contribution in [2.24, 2.45) is 11.3 Å². The van der Waals surface area contributed by atoms with Crippen LogP contribution in [0, 0.1) is 18.3 Å². The first-order valence-corrected chi connectivity index (χ1v) is 6.64. The van der Waals surface area contributed by atoms with Crippen molar-refractivity contribution in [1.82, 2.24) is 0 Å². The Balaban J connectivity index is 2.51. The van der Waals surface area contributed by atoms with Crippen molar-refractivity contribution in [3.63, 3.8) is 0 Å². The van der Waals surface area contributed by atoms with Gasteiger partial charge in [0, 0.05) is 5.41 Å². The van der Waals surface area contributed by atoms with Crippen molar-refractivity contribution < 1.29 is 4.39 Å². The molecule has 1 fully saturated rings. The molecule has 1 aromatic carbocycles. The predicted molar refractivity (Wildman–Crippen MR) is 70.8 cm³/mol. The molecule has 0 heterocycles. The van der Waals surface area contributed by atoms with Crippen LogP contribution in [0.5, 0.6) is 0 Å². The lowest BCUT2D eigenvalue weighted by Crippen LogP contribution is -2.46. The Labute approximate surface area is 104 Å². The van der Waals surface area contributed by atoms with Gasteiger partial charge in [0.05, 0.1) is 0 Å². The Morgan fingerprint density at radius 1 is 1.24 bits per heavy atom. The van der Waals surface area contributed by atoms with Crippen LogP contribution in [0.2, 0.25) is 0 Å². The third-order valence-corrected chi connectivity index (χ3v) is 4.98. The zero-order chi connectivity index (χ0) is 12.7. The summed E-state index contributed by atoms with van der Waals surface area (Å²) in [5.74, 6) is 0.431. The van der Waals surface area contributed by atoms with Crippen molar-refractivity contribution in [3.05, 3.63) is 35.4 Å². The first-order valence-electron chi connectivity index (χ1n) is 6.64. The summed E-state index contributed by atoms with van der Waals surface area (Å²) >= 11 is 0. The number of alkyl halides is 1. The van der Waals surface area contributed by atoms with E-state index in [0.29, 0.717) is 12.3 Å². The second-order valence-corrected chi connectivity index (χ2v) is 6.13. The molecule has 1 aliphatic rings. The highest BCUT2D eigenvalue weighted by Gasteiger charge is 2.52. The standard InChI is InChI=1S/C16H23F/c1-12-8-5-6-10-14(12)16(17)11-7-9-13(2)15(16,3)4/h5-6,8,10,13H,7,9,11H2,1-4H3. The van der Waals surface area contributed by atoms with Crippen LogP contribution in [0.15, 0.2) is 24.3 Å². The van der Waals surface area contributed by atoms with E-state index < -0.39 is 5.67 Å². The number of hydrogen-bond acceptors (Lipinski definition) is 0. The van der Waals surface area contributed by atoms with Crippen LogP contribution in [-0.4, -0.2) is 0 Å². The fourth-order valence-electron chi connectivity index (χ4n) is 3.22. The highest BCUT2D eigenvalue weighted by molar-refractivity contribution is 5.34. The van der Waals surface area contributed by atoms with Crippen LogP contribution in [0.25, 0.3) is 0 Å². The lowest BCUT2D eigenvalue weighted by atomic mass is 9.58. The van der Waals surface area contributed by atoms with Crippen LogP contribution in [0.3, 0.4) is 0 Å². The summed E-state index contributed by atoms with van der Waals surface area (Å²) in [7, 11) is 0. The van der Waals surface area contributed by atoms with Crippen molar-refractivity contribution in [2.45, 2.75) is 52.6 Å². The molecule has 0 N–H and O–H groups in total. The zero-order valence-corrected chi connectivity index (χ0v) is 11.4. The molecule has 2 rings (SSSR count). The van der Waals surface area contributed by atoms with E-state index in [0.717, 1.165) is 24.0 Å². The average molecular weight is 234 g/mol. The van der Waals surface area contributed by atoms with Gasteiger partial charge in [-0.15, -0.1) is 0 Å². The second kappa shape index (κ2) is 4.12. The van der Waals surface area contributed by atoms with Gasteiger partial charge in [-0.3, -0.25) is 0 Å². The summed E-state index contributed by atoms with van der Waals surface area (Å²) in [5.41, 5.74) is 0.529. The highest BCUT2D eigenvalue weighted by Crippen LogP contribution is 2.56. The third kappa shape index (κ3) is 1.80. The normalized spacial score (nSPS) is 32.4. The van der Waals surface area contributed by atoms with Gasteiger partial charge in [-0.05, 0) is 43.2 Å². The van der Waals surface area contributed by atoms with Gasteiger partial charge in [0.2, 0.25) is 0 Å². The molecule has 0 radical (unpaired) electrons. The topological polar surface area (TPSA) is 0 Å². The summed E-state index contributed by atoms with van der Waals surface area (Å²) in [5, 5.41) is 0. The fraction of sp³-hybridized carbons (Fsp3) is 0.625. The van der Waals surface area contributed by atoms with E-state index in [1.807, 2.05) is 31.2 Å². The molecule has 0 aliphatic heterocycles. The molecule has 0 aromatic heterocycles. The van der Waals surface area contributed by atoms with E-state index in [1.165, 1.54) is 0 Å². The fourth-order valence-corrected chi connectivity index (χ4v) is 3.22. The molecule has 0 amide bonds. The molecule has 0 bridgehead atoms. The molecule has 1 heteroatoms. The third-order valence-electron chi connectivity index (χ3n) is 4.98. The molecule has 0 saturated heterocycles. The second-order valence-electron chi connectivity index (χ2n) is 6.13. The summed E-state index contributed by atoms with van der Waals surface area (Å²) in [6, 6.07) is 7.93. The maximum Gasteiger partial charge on any atom is 0.141 e. The smallest absolute Gasteiger partial charge is 0.141 e. The maximum atomic E-state index is 15.6.